The van der Waals surface area contributed by atoms with Gasteiger partial charge in [0.15, 0.2) is 0 Å². The van der Waals surface area contributed by atoms with E-state index in [9.17, 15) is 0 Å². The summed E-state index contributed by atoms with van der Waals surface area (Å²) in [5, 5.41) is 3.59. The molecule has 2 aliphatic rings. The molecule has 0 bridgehead atoms. The monoisotopic (exact) mass is 284 g/mol. The molecule has 4 unspecified atom stereocenters. The van der Waals surface area contributed by atoms with E-state index < -0.39 is 0 Å². The highest BCUT2D eigenvalue weighted by Gasteiger charge is 2.32. The third kappa shape index (κ3) is 4.37. The molecule has 1 aliphatic carbocycles. The van der Waals surface area contributed by atoms with Crippen LogP contribution in [-0.4, -0.2) is 48.6 Å². The van der Waals surface area contributed by atoms with Gasteiger partial charge in [0.25, 0.3) is 0 Å². The van der Waals surface area contributed by atoms with Gasteiger partial charge in [-0.2, -0.15) is 11.8 Å². The lowest BCUT2D eigenvalue weighted by atomic mass is 9.76. The first kappa shape index (κ1) is 15.7. The molecule has 1 saturated carbocycles. The Morgan fingerprint density at radius 3 is 2.84 bits per heavy atom. The summed E-state index contributed by atoms with van der Waals surface area (Å²) in [6, 6.07) is 1.54. The van der Waals surface area contributed by atoms with E-state index in [0.29, 0.717) is 0 Å². The van der Waals surface area contributed by atoms with Crippen LogP contribution in [-0.2, 0) is 0 Å². The maximum absolute atomic E-state index is 3.59. The van der Waals surface area contributed by atoms with E-state index in [1.807, 2.05) is 0 Å². The highest BCUT2D eigenvalue weighted by atomic mass is 32.2. The Hall–Kier alpha value is 0.270. The van der Waals surface area contributed by atoms with Gasteiger partial charge in [0.2, 0.25) is 0 Å². The SMILES string of the molecule is CCCC1CCC(NC)C(CN2CCSCC2C)C1. The summed E-state index contributed by atoms with van der Waals surface area (Å²) in [5.41, 5.74) is 0. The molecule has 0 radical (unpaired) electrons. The molecule has 2 nitrogen and oxygen atoms in total. The van der Waals surface area contributed by atoms with Crippen molar-refractivity contribution in [2.75, 3.05) is 31.6 Å². The smallest absolute Gasteiger partial charge is 0.0158 e. The van der Waals surface area contributed by atoms with Crippen LogP contribution in [0.15, 0.2) is 0 Å². The predicted molar refractivity (Wildman–Crippen MR) is 86.9 cm³/mol. The predicted octanol–water partition coefficient (Wildman–Crippen LogP) is 3.23. The van der Waals surface area contributed by atoms with Gasteiger partial charge in [-0.1, -0.05) is 19.8 Å². The Morgan fingerprint density at radius 2 is 2.16 bits per heavy atom. The molecule has 19 heavy (non-hydrogen) atoms. The number of hydrogen-bond donors (Lipinski definition) is 1. The number of nitrogens with zero attached hydrogens (tertiary/aromatic N) is 1. The number of nitrogens with one attached hydrogen (secondary N) is 1. The minimum Gasteiger partial charge on any atom is -0.317 e. The van der Waals surface area contributed by atoms with Gasteiger partial charge >= 0.3 is 0 Å². The zero-order chi connectivity index (χ0) is 13.7. The first-order valence-electron chi connectivity index (χ1n) is 8.23. The maximum Gasteiger partial charge on any atom is 0.0158 e. The molecule has 4 atom stereocenters. The Bertz CT molecular complexity index is 259. The van der Waals surface area contributed by atoms with E-state index in [1.165, 1.54) is 56.7 Å². The highest BCUT2D eigenvalue weighted by molar-refractivity contribution is 7.99. The molecule has 112 valence electrons. The van der Waals surface area contributed by atoms with E-state index in [0.717, 1.165) is 23.9 Å². The average molecular weight is 285 g/mol. The summed E-state index contributed by atoms with van der Waals surface area (Å²) >= 11 is 2.13. The fraction of sp³-hybridized carbons (Fsp3) is 1.00. The molecule has 1 heterocycles. The summed E-state index contributed by atoms with van der Waals surface area (Å²) in [6.07, 6.45) is 7.09. The minimum atomic E-state index is 0.759. The van der Waals surface area contributed by atoms with Gasteiger partial charge in [0, 0.05) is 36.7 Å². The molecule has 0 aromatic rings. The molecular formula is C16H32N2S. The third-order valence-electron chi connectivity index (χ3n) is 5.13. The molecule has 0 aromatic carbocycles. The van der Waals surface area contributed by atoms with Crippen molar-refractivity contribution in [1.29, 1.82) is 0 Å². The van der Waals surface area contributed by atoms with Crippen LogP contribution in [0.1, 0.15) is 46.0 Å². The van der Waals surface area contributed by atoms with E-state index in [4.69, 9.17) is 0 Å². The van der Waals surface area contributed by atoms with Crippen molar-refractivity contribution in [3.8, 4) is 0 Å². The molecule has 0 spiro atoms. The molecule has 0 aromatic heterocycles. The second kappa shape index (κ2) is 7.90. The fourth-order valence-electron chi connectivity index (χ4n) is 3.95. The molecule has 1 saturated heterocycles. The molecule has 2 rings (SSSR count). The molecule has 0 amide bonds. The van der Waals surface area contributed by atoms with Crippen molar-refractivity contribution in [2.45, 2.75) is 58.0 Å². The van der Waals surface area contributed by atoms with Crippen LogP contribution in [0.25, 0.3) is 0 Å². The van der Waals surface area contributed by atoms with Gasteiger partial charge < -0.3 is 5.32 Å². The highest BCUT2D eigenvalue weighted by Crippen LogP contribution is 2.33. The fourth-order valence-corrected chi connectivity index (χ4v) is 5.03. The zero-order valence-electron chi connectivity index (χ0n) is 13.0. The zero-order valence-corrected chi connectivity index (χ0v) is 13.8. The van der Waals surface area contributed by atoms with Gasteiger partial charge in [0.1, 0.15) is 0 Å². The van der Waals surface area contributed by atoms with Gasteiger partial charge in [-0.25, -0.2) is 0 Å². The second-order valence-corrected chi connectivity index (χ2v) is 7.69. The molecule has 1 aliphatic heterocycles. The van der Waals surface area contributed by atoms with Crippen molar-refractivity contribution in [3.05, 3.63) is 0 Å². The number of rotatable bonds is 5. The first-order chi connectivity index (χ1) is 9.24. The second-order valence-electron chi connectivity index (χ2n) is 6.54. The minimum absolute atomic E-state index is 0.759. The summed E-state index contributed by atoms with van der Waals surface area (Å²) in [6.45, 7) is 7.38. The van der Waals surface area contributed by atoms with Crippen LogP contribution in [0.4, 0.5) is 0 Å². The van der Waals surface area contributed by atoms with Crippen molar-refractivity contribution in [1.82, 2.24) is 10.2 Å². The van der Waals surface area contributed by atoms with Crippen LogP contribution in [0.5, 0.6) is 0 Å². The molecule has 1 N–H and O–H groups in total. The van der Waals surface area contributed by atoms with Gasteiger partial charge in [-0.3, -0.25) is 4.90 Å². The Kier molecular flexibility index (Phi) is 6.51. The van der Waals surface area contributed by atoms with Crippen LogP contribution in [0.3, 0.4) is 0 Å². The largest absolute Gasteiger partial charge is 0.317 e. The van der Waals surface area contributed by atoms with Crippen LogP contribution >= 0.6 is 11.8 Å². The Labute approximate surface area is 124 Å². The average Bonchev–Trinajstić information content (AvgIpc) is 2.42. The summed E-state index contributed by atoms with van der Waals surface area (Å²) < 4.78 is 0. The van der Waals surface area contributed by atoms with E-state index in [-0.39, 0.29) is 0 Å². The maximum atomic E-state index is 3.59. The van der Waals surface area contributed by atoms with Crippen molar-refractivity contribution in [3.63, 3.8) is 0 Å². The first-order valence-corrected chi connectivity index (χ1v) is 9.39. The topological polar surface area (TPSA) is 15.3 Å². The molecule has 2 fully saturated rings. The molecule has 3 heteroatoms. The Balaban J connectivity index is 1.89. The number of hydrogen-bond acceptors (Lipinski definition) is 3. The lowest BCUT2D eigenvalue weighted by molar-refractivity contribution is 0.124. The summed E-state index contributed by atoms with van der Waals surface area (Å²) in [7, 11) is 2.16. The summed E-state index contributed by atoms with van der Waals surface area (Å²) in [5.74, 6) is 4.53. The van der Waals surface area contributed by atoms with E-state index >= 15 is 0 Å². The van der Waals surface area contributed by atoms with E-state index in [1.54, 1.807) is 0 Å². The quantitative estimate of drug-likeness (QED) is 0.834. The Morgan fingerprint density at radius 1 is 1.32 bits per heavy atom. The van der Waals surface area contributed by atoms with Crippen molar-refractivity contribution in [2.24, 2.45) is 11.8 Å². The van der Waals surface area contributed by atoms with E-state index in [2.05, 4.69) is 42.9 Å². The standard InChI is InChI=1S/C16H32N2S/c1-4-5-14-6-7-16(17-3)15(10-14)11-18-8-9-19-12-13(18)2/h13-17H,4-12H2,1-3H3. The molecular weight excluding hydrogens is 252 g/mol. The van der Waals surface area contributed by atoms with Crippen LogP contribution in [0.2, 0.25) is 0 Å². The number of thioether (sulfide) groups is 1. The van der Waals surface area contributed by atoms with Gasteiger partial charge in [0.05, 0.1) is 0 Å². The van der Waals surface area contributed by atoms with Gasteiger partial charge in [-0.05, 0) is 45.1 Å². The van der Waals surface area contributed by atoms with Crippen molar-refractivity contribution >= 4 is 11.8 Å². The van der Waals surface area contributed by atoms with Crippen LogP contribution in [0, 0.1) is 11.8 Å². The summed E-state index contributed by atoms with van der Waals surface area (Å²) in [4.78, 5) is 2.75. The van der Waals surface area contributed by atoms with Crippen LogP contribution < -0.4 is 5.32 Å². The van der Waals surface area contributed by atoms with Gasteiger partial charge in [-0.15, -0.1) is 0 Å². The lowest BCUT2D eigenvalue weighted by Gasteiger charge is -2.42. The van der Waals surface area contributed by atoms with Crippen molar-refractivity contribution < 1.29 is 0 Å². The lowest BCUT2D eigenvalue weighted by Crippen LogP contribution is -2.49. The normalized spacial score (nSPS) is 37.4. The third-order valence-corrected chi connectivity index (χ3v) is 6.32.